The summed E-state index contributed by atoms with van der Waals surface area (Å²) < 4.78 is 15.7. The molecule has 0 aromatic carbocycles. The van der Waals surface area contributed by atoms with E-state index in [4.69, 9.17) is 20.6 Å². The molecule has 1 aliphatic rings. The molecular weight excluding hydrogens is 184 g/mol. The molecule has 1 heterocycles. The molecule has 5 nitrogen and oxygen atoms in total. The molecule has 0 aromatic rings. The van der Waals surface area contributed by atoms with E-state index in [-0.39, 0.29) is 0 Å². The van der Waals surface area contributed by atoms with E-state index < -0.39 is 11.8 Å². The summed E-state index contributed by atoms with van der Waals surface area (Å²) >= 11 is 0. The Morgan fingerprint density at radius 2 is 2.14 bits per heavy atom. The van der Waals surface area contributed by atoms with Gasteiger partial charge in [0.2, 0.25) is 0 Å². The fourth-order valence-corrected chi connectivity index (χ4v) is 0.977. The van der Waals surface area contributed by atoms with E-state index in [9.17, 15) is 0 Å². The predicted octanol–water partition coefficient (Wildman–Crippen LogP) is 1.50. The summed E-state index contributed by atoms with van der Waals surface area (Å²) in [7, 11) is 1.44. The first-order chi connectivity index (χ1) is 6.54. The first-order valence-electron chi connectivity index (χ1n) is 4.30. The van der Waals surface area contributed by atoms with Gasteiger partial charge in [-0.3, -0.25) is 4.74 Å². The first kappa shape index (κ1) is 11.1. The van der Waals surface area contributed by atoms with Crippen molar-refractivity contribution >= 4 is 0 Å². The molecule has 5 heteroatoms. The van der Waals surface area contributed by atoms with Crippen LogP contribution < -0.4 is 0 Å². The van der Waals surface area contributed by atoms with Gasteiger partial charge in [0.05, 0.1) is 6.61 Å². The average molecular weight is 198 g/mol. The number of terminal acetylenes is 1. The summed E-state index contributed by atoms with van der Waals surface area (Å²) in [5.41, 5.74) is -0.716. The number of nitrogens with zero attached hydrogens (tertiary/aromatic N) is 2. The fraction of sp³-hybridized carbons (Fsp3) is 0.778. The van der Waals surface area contributed by atoms with Gasteiger partial charge in [-0.05, 0) is 13.8 Å². The minimum absolute atomic E-state index is 0.319. The molecule has 0 aliphatic carbocycles. The van der Waals surface area contributed by atoms with Crippen molar-refractivity contribution in [3.8, 4) is 12.3 Å². The van der Waals surface area contributed by atoms with Crippen molar-refractivity contribution in [2.24, 2.45) is 10.2 Å². The molecule has 14 heavy (non-hydrogen) atoms. The molecule has 1 atom stereocenters. The molecule has 1 rings (SSSR count). The minimum atomic E-state index is -1.42. The van der Waals surface area contributed by atoms with Crippen LogP contribution in [0.4, 0.5) is 0 Å². The second kappa shape index (κ2) is 4.05. The lowest BCUT2D eigenvalue weighted by Gasteiger charge is -2.24. The minimum Gasteiger partial charge on any atom is -0.310 e. The van der Waals surface area contributed by atoms with Crippen molar-refractivity contribution in [3.63, 3.8) is 0 Å². The Labute approximate surface area is 83.4 Å². The molecule has 0 saturated heterocycles. The van der Waals surface area contributed by atoms with E-state index in [1.54, 1.807) is 13.8 Å². The molecule has 78 valence electrons. The molecular formula is C9H14N2O3. The molecule has 0 fully saturated rings. The number of ether oxygens (including phenoxy) is 3. The Morgan fingerprint density at radius 1 is 1.43 bits per heavy atom. The van der Waals surface area contributed by atoms with Gasteiger partial charge in [0.1, 0.15) is 0 Å². The summed E-state index contributed by atoms with van der Waals surface area (Å²) in [6.07, 6.45) is 4.15. The second-order valence-corrected chi connectivity index (χ2v) is 3.28. The maximum Gasteiger partial charge on any atom is 0.414 e. The molecule has 0 bridgehead atoms. The summed E-state index contributed by atoms with van der Waals surface area (Å²) in [6, 6.07) is 0. The van der Waals surface area contributed by atoms with E-state index in [0.717, 1.165) is 0 Å². The van der Waals surface area contributed by atoms with E-state index in [1.165, 1.54) is 7.11 Å². The molecule has 1 aliphatic heterocycles. The number of hydrogen-bond acceptors (Lipinski definition) is 5. The fourth-order valence-electron chi connectivity index (χ4n) is 0.977. The van der Waals surface area contributed by atoms with Crippen LogP contribution in [0.3, 0.4) is 0 Å². The van der Waals surface area contributed by atoms with Crippen LogP contribution in [0.25, 0.3) is 0 Å². The van der Waals surface area contributed by atoms with Gasteiger partial charge >= 0.3 is 6.10 Å². The molecule has 0 amide bonds. The Hall–Kier alpha value is -0.960. The highest BCUT2D eigenvalue weighted by molar-refractivity contribution is 4.83. The Balaban J connectivity index is 2.54. The van der Waals surface area contributed by atoms with E-state index in [0.29, 0.717) is 13.0 Å². The highest BCUT2D eigenvalue weighted by atomic mass is 16.9. The monoisotopic (exact) mass is 198 g/mol. The summed E-state index contributed by atoms with van der Waals surface area (Å²) in [5, 5.41) is 7.67. The van der Waals surface area contributed by atoms with Gasteiger partial charge < -0.3 is 9.47 Å². The number of methoxy groups -OCH3 is 1. The van der Waals surface area contributed by atoms with Crippen LogP contribution in [0.5, 0.6) is 0 Å². The predicted molar refractivity (Wildman–Crippen MR) is 49.2 cm³/mol. The van der Waals surface area contributed by atoms with E-state index >= 15 is 0 Å². The molecule has 0 N–H and O–H groups in total. The van der Waals surface area contributed by atoms with Crippen LogP contribution in [0.15, 0.2) is 10.2 Å². The van der Waals surface area contributed by atoms with Crippen molar-refractivity contribution in [3.05, 3.63) is 0 Å². The van der Waals surface area contributed by atoms with Crippen molar-refractivity contribution in [2.75, 3.05) is 13.7 Å². The molecule has 0 saturated carbocycles. The Bertz CT molecular complexity index is 270. The van der Waals surface area contributed by atoms with Gasteiger partial charge in [-0.15, -0.1) is 12.3 Å². The lowest BCUT2D eigenvalue weighted by molar-refractivity contribution is -0.375. The maximum absolute atomic E-state index is 5.39. The number of hydrogen-bond donors (Lipinski definition) is 0. The SMILES string of the molecule is C#CCCO[C@@]1(OC)N=NC(C)(C)O1. The number of azo groups is 1. The van der Waals surface area contributed by atoms with Crippen LogP contribution in [-0.2, 0) is 14.2 Å². The second-order valence-electron chi connectivity index (χ2n) is 3.28. The standard InChI is InChI=1S/C9H14N2O3/c1-5-6-7-13-9(12-4)11-10-8(2,3)14-9/h1H,6-7H2,2-4H3/t9-/m0/s1. The lowest BCUT2D eigenvalue weighted by atomic mass is 10.3. The van der Waals surface area contributed by atoms with Crippen LogP contribution in [0, 0.1) is 12.3 Å². The molecule has 0 spiro atoms. The van der Waals surface area contributed by atoms with Gasteiger partial charge in [0.25, 0.3) is 0 Å². The third-order valence-electron chi connectivity index (χ3n) is 1.58. The Kier molecular flexibility index (Phi) is 3.21. The summed E-state index contributed by atoms with van der Waals surface area (Å²) in [4.78, 5) is 0. The van der Waals surface area contributed by atoms with Gasteiger partial charge in [0, 0.05) is 13.5 Å². The van der Waals surface area contributed by atoms with Crippen LogP contribution >= 0.6 is 0 Å². The zero-order chi connectivity index (χ0) is 10.7. The van der Waals surface area contributed by atoms with Crippen LogP contribution in [0.1, 0.15) is 20.3 Å². The molecule has 0 radical (unpaired) electrons. The van der Waals surface area contributed by atoms with Crippen molar-refractivity contribution < 1.29 is 14.2 Å². The lowest BCUT2D eigenvalue weighted by Crippen LogP contribution is -2.38. The molecule has 0 unspecified atom stereocenters. The van der Waals surface area contributed by atoms with Crippen LogP contribution in [-0.4, -0.2) is 25.5 Å². The van der Waals surface area contributed by atoms with Crippen molar-refractivity contribution in [2.45, 2.75) is 32.1 Å². The average Bonchev–Trinajstić information content (AvgIpc) is 2.44. The third-order valence-corrected chi connectivity index (χ3v) is 1.58. The Morgan fingerprint density at radius 3 is 2.57 bits per heavy atom. The highest BCUT2D eigenvalue weighted by Crippen LogP contribution is 2.32. The topological polar surface area (TPSA) is 52.4 Å². The largest absolute Gasteiger partial charge is 0.414 e. The number of rotatable bonds is 4. The van der Waals surface area contributed by atoms with Crippen molar-refractivity contribution in [1.29, 1.82) is 0 Å². The maximum atomic E-state index is 5.39. The molecule has 0 aromatic heterocycles. The quantitative estimate of drug-likeness (QED) is 0.391. The van der Waals surface area contributed by atoms with E-state index in [1.807, 2.05) is 0 Å². The summed E-state index contributed by atoms with van der Waals surface area (Å²) in [5.74, 6) is 2.45. The normalized spacial score (nSPS) is 29.0. The van der Waals surface area contributed by atoms with Gasteiger partial charge in [-0.1, -0.05) is 5.11 Å². The smallest absolute Gasteiger partial charge is 0.310 e. The van der Waals surface area contributed by atoms with Crippen molar-refractivity contribution in [1.82, 2.24) is 0 Å². The third kappa shape index (κ3) is 2.51. The van der Waals surface area contributed by atoms with Gasteiger partial charge in [0.15, 0.2) is 5.72 Å². The van der Waals surface area contributed by atoms with Gasteiger partial charge in [-0.2, -0.15) is 5.11 Å². The van der Waals surface area contributed by atoms with Gasteiger partial charge in [-0.25, -0.2) is 0 Å². The zero-order valence-electron chi connectivity index (χ0n) is 8.61. The highest BCUT2D eigenvalue weighted by Gasteiger charge is 2.45. The first-order valence-corrected chi connectivity index (χ1v) is 4.30. The van der Waals surface area contributed by atoms with Crippen LogP contribution in [0.2, 0.25) is 0 Å². The zero-order valence-corrected chi connectivity index (χ0v) is 8.61. The summed E-state index contributed by atoms with van der Waals surface area (Å²) in [6.45, 7) is 3.85. The van der Waals surface area contributed by atoms with E-state index in [2.05, 4.69) is 16.1 Å².